The Bertz CT molecular complexity index is 1850. The minimum Gasteiger partial charge on any atom is -0.423 e. The Morgan fingerprint density at radius 1 is 0.431 bits per heavy atom. The van der Waals surface area contributed by atoms with Gasteiger partial charge in [-0.1, -0.05) is 0 Å². The summed E-state index contributed by atoms with van der Waals surface area (Å²) >= 11 is 0. The van der Waals surface area contributed by atoms with E-state index in [0.29, 0.717) is 0 Å². The van der Waals surface area contributed by atoms with Gasteiger partial charge in [0.25, 0.3) is 17.1 Å². The lowest BCUT2D eigenvalue weighted by Crippen LogP contribution is -2.31. The highest BCUT2D eigenvalue weighted by atomic mass is 16.6. The van der Waals surface area contributed by atoms with Crippen molar-refractivity contribution in [2.75, 3.05) is 0 Å². The van der Waals surface area contributed by atoms with Crippen LogP contribution in [0.4, 0.5) is 17.1 Å². The molecule has 0 aromatic heterocycles. The van der Waals surface area contributed by atoms with Crippen molar-refractivity contribution < 1.29 is 73.5 Å². The lowest BCUT2D eigenvalue weighted by atomic mass is 9.79. The highest BCUT2D eigenvalue weighted by Gasteiger charge is 2.25. The second kappa shape index (κ2) is 15.3. The SMILES string of the molecule is O=C(Oc1cc(OC(=O)c2cc(B(O)O)cc([N+](=O)[O-])c2)cc(OC(=O)c2cc(B(O)O)cc([N+](=O)[O-])c2)c1)c1cc(B(O)O)cc([N+](=O)[O-])c1. The normalized spacial score (nSPS) is 10.5. The van der Waals surface area contributed by atoms with Crippen molar-refractivity contribution in [2.45, 2.75) is 0 Å². The number of hydrogen-bond donors (Lipinski definition) is 6. The fraction of sp³-hybridized carbons (Fsp3) is 0. The molecule has 0 fully saturated rings. The van der Waals surface area contributed by atoms with Gasteiger partial charge in [0.2, 0.25) is 0 Å². The highest BCUT2D eigenvalue weighted by Crippen LogP contribution is 2.30. The number of rotatable bonds is 12. The van der Waals surface area contributed by atoms with Crippen LogP contribution in [-0.4, -0.2) is 84.2 Å². The molecule has 51 heavy (non-hydrogen) atoms. The number of nitro groups is 3. The molecular weight excluding hydrogens is 687 g/mol. The predicted octanol–water partition coefficient (Wildman–Crippen LogP) is -1.89. The summed E-state index contributed by atoms with van der Waals surface area (Å²) in [4.78, 5) is 70.3. The van der Waals surface area contributed by atoms with Gasteiger partial charge in [-0.3, -0.25) is 30.3 Å². The molecule has 0 saturated heterocycles. The number of carbonyl (C=O) groups excluding carboxylic acids is 3. The number of nitrogens with zero attached hydrogens (tertiary/aromatic N) is 3. The van der Waals surface area contributed by atoms with E-state index in [1.807, 2.05) is 0 Å². The van der Waals surface area contributed by atoms with Crippen molar-refractivity contribution in [1.82, 2.24) is 0 Å². The van der Waals surface area contributed by atoms with Crippen LogP contribution >= 0.6 is 0 Å². The number of hydrogen-bond acceptors (Lipinski definition) is 18. The van der Waals surface area contributed by atoms with E-state index in [-0.39, 0.29) is 0 Å². The van der Waals surface area contributed by atoms with Gasteiger partial charge in [-0.2, -0.15) is 0 Å². The average Bonchev–Trinajstić information content (AvgIpc) is 3.07. The van der Waals surface area contributed by atoms with E-state index < -0.39 is 121 Å². The number of benzene rings is 4. The molecule has 0 unspecified atom stereocenters. The van der Waals surface area contributed by atoms with Gasteiger partial charge in [0.1, 0.15) is 17.2 Å². The van der Waals surface area contributed by atoms with Crippen LogP contribution in [-0.2, 0) is 0 Å². The van der Waals surface area contributed by atoms with Gasteiger partial charge < -0.3 is 44.4 Å². The Hall–Kier alpha value is -6.56. The molecule has 0 amide bonds. The van der Waals surface area contributed by atoms with Crippen LogP contribution in [0.15, 0.2) is 72.8 Å². The quantitative estimate of drug-likeness (QED) is 0.0308. The average molecular weight is 705 g/mol. The molecule has 0 atom stereocenters. The maximum atomic E-state index is 13.0. The zero-order valence-electron chi connectivity index (χ0n) is 25.1. The van der Waals surface area contributed by atoms with Crippen molar-refractivity contribution >= 4 is 72.7 Å². The van der Waals surface area contributed by atoms with Crippen LogP contribution in [0.5, 0.6) is 17.2 Å². The lowest BCUT2D eigenvalue weighted by Gasteiger charge is -2.12. The molecule has 0 radical (unpaired) electrons. The third kappa shape index (κ3) is 9.33. The van der Waals surface area contributed by atoms with Crippen LogP contribution in [0.1, 0.15) is 31.1 Å². The van der Waals surface area contributed by atoms with Crippen LogP contribution in [0.2, 0.25) is 0 Å². The molecule has 0 aliphatic rings. The van der Waals surface area contributed by atoms with E-state index in [2.05, 4.69) is 0 Å². The monoisotopic (exact) mass is 705 g/mol. The summed E-state index contributed by atoms with van der Waals surface area (Å²) in [6.07, 6.45) is 0. The van der Waals surface area contributed by atoms with Gasteiger partial charge in [0, 0.05) is 54.6 Å². The Morgan fingerprint density at radius 2 is 0.667 bits per heavy atom. The third-order valence-electron chi connectivity index (χ3n) is 6.54. The molecule has 0 heterocycles. The van der Waals surface area contributed by atoms with E-state index >= 15 is 0 Å². The van der Waals surface area contributed by atoms with E-state index in [9.17, 15) is 74.9 Å². The smallest absolute Gasteiger partial charge is 0.423 e. The van der Waals surface area contributed by atoms with Gasteiger partial charge in [-0.05, 0) is 34.6 Å². The minimum atomic E-state index is -2.24. The maximum Gasteiger partial charge on any atom is 0.488 e. The highest BCUT2D eigenvalue weighted by molar-refractivity contribution is 6.59. The van der Waals surface area contributed by atoms with E-state index in [1.165, 1.54) is 0 Å². The molecule has 4 rings (SSSR count). The molecule has 0 spiro atoms. The first kappa shape index (κ1) is 37.3. The number of ether oxygens (including phenoxy) is 3. The van der Waals surface area contributed by atoms with Gasteiger partial charge in [0.15, 0.2) is 0 Å². The molecule has 4 aromatic rings. The topological polar surface area (TPSA) is 330 Å². The van der Waals surface area contributed by atoms with Crippen LogP contribution in [0.3, 0.4) is 0 Å². The summed E-state index contributed by atoms with van der Waals surface area (Å²) in [5.41, 5.74) is -5.36. The Kier molecular flexibility index (Phi) is 11.2. The number of nitro benzene ring substituents is 3. The van der Waals surface area contributed by atoms with Crippen LogP contribution < -0.4 is 30.6 Å². The first-order chi connectivity index (χ1) is 23.9. The Balaban J connectivity index is 1.76. The fourth-order valence-corrected chi connectivity index (χ4v) is 4.24. The second-order valence-electron chi connectivity index (χ2n) is 10.1. The van der Waals surface area contributed by atoms with E-state index in [0.717, 1.165) is 72.8 Å². The molecule has 4 aromatic carbocycles. The van der Waals surface area contributed by atoms with Gasteiger partial charge >= 0.3 is 39.3 Å². The number of non-ortho nitro benzene ring substituents is 3. The minimum absolute atomic E-state index is 0.470. The molecule has 258 valence electrons. The molecule has 6 N–H and O–H groups in total. The first-order valence-corrected chi connectivity index (χ1v) is 13.7. The van der Waals surface area contributed by atoms with Crippen molar-refractivity contribution in [3.63, 3.8) is 0 Å². The Morgan fingerprint density at radius 3 is 0.863 bits per heavy atom. The zero-order valence-corrected chi connectivity index (χ0v) is 25.1. The molecule has 0 aliphatic heterocycles. The van der Waals surface area contributed by atoms with Gasteiger partial charge in [-0.15, -0.1) is 0 Å². The maximum absolute atomic E-state index is 13.0. The Labute approximate surface area is 283 Å². The summed E-state index contributed by atoms with van der Waals surface area (Å²) in [6, 6.07) is 9.55. The summed E-state index contributed by atoms with van der Waals surface area (Å²) in [6.45, 7) is 0. The summed E-state index contributed by atoms with van der Waals surface area (Å²) in [7, 11) is -6.73. The second-order valence-corrected chi connectivity index (χ2v) is 10.1. The summed E-state index contributed by atoms with van der Waals surface area (Å²) in [5.74, 6) is -5.87. The van der Waals surface area contributed by atoms with Gasteiger partial charge in [0.05, 0.1) is 31.5 Å². The lowest BCUT2D eigenvalue weighted by molar-refractivity contribution is -0.385. The molecule has 0 bridgehead atoms. The van der Waals surface area contributed by atoms with Gasteiger partial charge in [-0.25, -0.2) is 14.4 Å². The standard InChI is InChI=1S/C27H18B3N3O18/c34-25(13-1-16(28(37)38)7-19(4-13)31(43)44)49-22-10-23(50-26(35)14-2-17(29(39)40)8-20(5-14)32(45)46)12-24(11-22)51-27(36)15-3-18(30(41)42)9-21(6-15)33(47)48/h1-12,37-42H. The van der Waals surface area contributed by atoms with Crippen LogP contribution in [0, 0.1) is 30.3 Å². The fourth-order valence-electron chi connectivity index (χ4n) is 4.24. The summed E-state index contributed by atoms with van der Waals surface area (Å²) in [5, 5.41) is 91.0. The summed E-state index contributed by atoms with van der Waals surface area (Å²) < 4.78 is 15.6. The molecule has 0 saturated carbocycles. The van der Waals surface area contributed by atoms with E-state index in [1.54, 1.807) is 0 Å². The molecule has 24 heteroatoms. The zero-order chi connectivity index (χ0) is 37.7. The van der Waals surface area contributed by atoms with E-state index in [4.69, 9.17) is 14.2 Å². The number of esters is 3. The van der Waals surface area contributed by atoms with Crippen molar-refractivity contribution in [3.05, 3.63) is 120 Å². The molecular formula is C27H18B3N3O18. The molecule has 21 nitrogen and oxygen atoms in total. The number of carbonyl (C=O) groups is 3. The van der Waals surface area contributed by atoms with Crippen molar-refractivity contribution in [3.8, 4) is 17.2 Å². The molecule has 0 aliphatic carbocycles. The predicted molar refractivity (Wildman–Crippen MR) is 170 cm³/mol. The third-order valence-corrected chi connectivity index (χ3v) is 6.54. The van der Waals surface area contributed by atoms with Crippen molar-refractivity contribution in [2.24, 2.45) is 0 Å². The first-order valence-electron chi connectivity index (χ1n) is 13.7. The van der Waals surface area contributed by atoms with Crippen molar-refractivity contribution in [1.29, 1.82) is 0 Å². The van der Waals surface area contributed by atoms with Crippen LogP contribution in [0.25, 0.3) is 0 Å². The largest absolute Gasteiger partial charge is 0.488 e.